The monoisotopic (exact) mass is 300 g/mol. The molecule has 7 heteroatoms. The highest BCUT2D eigenvalue weighted by molar-refractivity contribution is 5.74. The maximum atomic E-state index is 12.0. The third-order valence-electron chi connectivity index (χ3n) is 4.02. The van der Waals surface area contributed by atoms with E-state index in [1.165, 1.54) is 0 Å². The number of hydrogen-bond donors (Lipinski definition) is 2. The van der Waals surface area contributed by atoms with E-state index in [1.807, 2.05) is 0 Å². The number of hydrogen-bond acceptors (Lipinski definition) is 4. The first-order valence-corrected chi connectivity index (χ1v) is 7.59. The van der Waals surface area contributed by atoms with Gasteiger partial charge in [-0.25, -0.2) is 9.59 Å². The number of aliphatic carboxylic acids is 1. The molecule has 120 valence electrons. The number of amides is 2. The molecule has 2 N–H and O–H groups in total. The van der Waals surface area contributed by atoms with Crippen LogP contribution in [-0.2, 0) is 14.3 Å². The molecule has 2 saturated heterocycles. The topological polar surface area (TPSA) is 88.1 Å². The Morgan fingerprint density at radius 3 is 2.67 bits per heavy atom. The zero-order chi connectivity index (χ0) is 15.1. The third-order valence-corrected chi connectivity index (χ3v) is 4.02. The standard InChI is InChI=1S/C14H24N2O5/c17-13(18)10-21-12-2-6-16(7-3-12)14(19)15-5-1-11-4-8-20-9-11/h11-12H,1-10H2,(H,15,19)(H,17,18). The normalized spacial score (nSPS) is 23.2. The van der Waals surface area contributed by atoms with Gasteiger partial charge in [-0.15, -0.1) is 0 Å². The zero-order valence-electron chi connectivity index (χ0n) is 12.3. The predicted octanol–water partition coefficient (Wildman–Crippen LogP) is 0.688. The number of rotatable bonds is 6. The Balaban J connectivity index is 1.57. The lowest BCUT2D eigenvalue weighted by Gasteiger charge is -2.31. The highest BCUT2D eigenvalue weighted by Gasteiger charge is 2.24. The van der Waals surface area contributed by atoms with Gasteiger partial charge in [0, 0.05) is 32.8 Å². The molecular formula is C14H24N2O5. The van der Waals surface area contributed by atoms with Crippen molar-refractivity contribution in [2.75, 3.05) is 39.5 Å². The number of likely N-dealkylation sites (tertiary alicyclic amines) is 1. The van der Waals surface area contributed by atoms with Crippen LogP contribution in [0.4, 0.5) is 4.79 Å². The molecular weight excluding hydrogens is 276 g/mol. The summed E-state index contributed by atoms with van der Waals surface area (Å²) in [5.74, 6) is -0.383. The van der Waals surface area contributed by atoms with E-state index in [0.717, 1.165) is 26.1 Å². The molecule has 0 radical (unpaired) electrons. The smallest absolute Gasteiger partial charge is 0.329 e. The molecule has 21 heavy (non-hydrogen) atoms. The van der Waals surface area contributed by atoms with Gasteiger partial charge in [-0.3, -0.25) is 0 Å². The second-order valence-electron chi connectivity index (χ2n) is 5.64. The molecule has 1 unspecified atom stereocenters. The van der Waals surface area contributed by atoms with E-state index < -0.39 is 5.97 Å². The Labute approximate surface area is 124 Å². The van der Waals surface area contributed by atoms with E-state index in [2.05, 4.69) is 5.32 Å². The molecule has 2 heterocycles. The van der Waals surface area contributed by atoms with E-state index in [9.17, 15) is 9.59 Å². The van der Waals surface area contributed by atoms with Gasteiger partial charge in [0.05, 0.1) is 6.10 Å². The predicted molar refractivity (Wildman–Crippen MR) is 75.1 cm³/mol. The van der Waals surface area contributed by atoms with E-state index in [1.54, 1.807) is 4.90 Å². The van der Waals surface area contributed by atoms with Crippen LogP contribution in [0.15, 0.2) is 0 Å². The summed E-state index contributed by atoms with van der Waals surface area (Å²) in [6.45, 7) is 3.29. The van der Waals surface area contributed by atoms with Crippen molar-refractivity contribution in [3.05, 3.63) is 0 Å². The summed E-state index contributed by atoms with van der Waals surface area (Å²) in [6.07, 6.45) is 3.38. The molecule has 2 rings (SSSR count). The second-order valence-corrected chi connectivity index (χ2v) is 5.64. The van der Waals surface area contributed by atoms with Crippen LogP contribution >= 0.6 is 0 Å². The fraction of sp³-hybridized carbons (Fsp3) is 0.857. The van der Waals surface area contributed by atoms with Gasteiger partial charge in [0.25, 0.3) is 0 Å². The summed E-state index contributed by atoms with van der Waals surface area (Å²) >= 11 is 0. The second kappa shape index (κ2) is 8.19. The first-order valence-electron chi connectivity index (χ1n) is 7.59. The van der Waals surface area contributed by atoms with Crippen LogP contribution in [0.5, 0.6) is 0 Å². The van der Waals surface area contributed by atoms with Gasteiger partial charge >= 0.3 is 12.0 Å². The Bertz CT molecular complexity index is 349. The maximum Gasteiger partial charge on any atom is 0.329 e. The minimum atomic E-state index is -0.953. The number of carboxylic acid groups (broad SMARTS) is 1. The summed E-state index contributed by atoms with van der Waals surface area (Å²) in [7, 11) is 0. The molecule has 2 aliphatic rings. The summed E-state index contributed by atoms with van der Waals surface area (Å²) in [4.78, 5) is 24.2. The minimum absolute atomic E-state index is 0.0365. The minimum Gasteiger partial charge on any atom is -0.480 e. The molecule has 0 spiro atoms. The molecule has 0 aromatic rings. The molecule has 0 bridgehead atoms. The number of carbonyl (C=O) groups is 2. The quantitative estimate of drug-likeness (QED) is 0.753. The van der Waals surface area contributed by atoms with E-state index in [0.29, 0.717) is 38.4 Å². The van der Waals surface area contributed by atoms with E-state index >= 15 is 0 Å². The molecule has 2 fully saturated rings. The number of ether oxygens (including phenoxy) is 2. The van der Waals surface area contributed by atoms with Crippen molar-refractivity contribution < 1.29 is 24.2 Å². The van der Waals surface area contributed by atoms with Crippen molar-refractivity contribution in [1.82, 2.24) is 10.2 Å². The largest absolute Gasteiger partial charge is 0.480 e. The highest BCUT2D eigenvalue weighted by Crippen LogP contribution is 2.16. The number of urea groups is 1. The highest BCUT2D eigenvalue weighted by atomic mass is 16.5. The van der Waals surface area contributed by atoms with Crippen LogP contribution in [0.2, 0.25) is 0 Å². The van der Waals surface area contributed by atoms with Gasteiger partial charge in [0.1, 0.15) is 6.61 Å². The van der Waals surface area contributed by atoms with Gasteiger partial charge in [0.15, 0.2) is 0 Å². The van der Waals surface area contributed by atoms with Crippen molar-refractivity contribution in [1.29, 1.82) is 0 Å². The molecule has 0 saturated carbocycles. The molecule has 0 aliphatic carbocycles. The lowest BCUT2D eigenvalue weighted by molar-refractivity contribution is -0.145. The van der Waals surface area contributed by atoms with E-state index in [-0.39, 0.29) is 18.7 Å². The van der Waals surface area contributed by atoms with Gasteiger partial charge < -0.3 is 24.8 Å². The average Bonchev–Trinajstić information content (AvgIpc) is 2.99. The van der Waals surface area contributed by atoms with Gasteiger partial charge in [-0.1, -0.05) is 0 Å². The molecule has 1 atom stereocenters. The summed E-state index contributed by atoms with van der Waals surface area (Å²) < 4.78 is 10.6. The van der Waals surface area contributed by atoms with E-state index in [4.69, 9.17) is 14.6 Å². The van der Waals surface area contributed by atoms with Crippen LogP contribution in [0, 0.1) is 5.92 Å². The molecule has 2 amide bonds. The Morgan fingerprint density at radius 2 is 2.05 bits per heavy atom. The lowest BCUT2D eigenvalue weighted by atomic mass is 10.1. The van der Waals surface area contributed by atoms with Crippen molar-refractivity contribution in [3.63, 3.8) is 0 Å². The van der Waals surface area contributed by atoms with Crippen LogP contribution in [0.1, 0.15) is 25.7 Å². The first-order chi connectivity index (χ1) is 10.1. The first kappa shape index (κ1) is 16.0. The van der Waals surface area contributed by atoms with Crippen LogP contribution in [0.3, 0.4) is 0 Å². The fourth-order valence-electron chi connectivity index (χ4n) is 2.72. The Hall–Kier alpha value is -1.34. The molecule has 0 aromatic heterocycles. The van der Waals surface area contributed by atoms with Gasteiger partial charge in [0.2, 0.25) is 0 Å². The number of carboxylic acids is 1. The SMILES string of the molecule is O=C(O)COC1CCN(C(=O)NCCC2CCOC2)CC1. The van der Waals surface area contributed by atoms with Crippen LogP contribution in [0.25, 0.3) is 0 Å². The summed E-state index contributed by atoms with van der Waals surface area (Å²) in [5.41, 5.74) is 0. The van der Waals surface area contributed by atoms with Crippen molar-refractivity contribution in [3.8, 4) is 0 Å². The number of nitrogens with zero attached hydrogens (tertiary/aromatic N) is 1. The molecule has 2 aliphatic heterocycles. The number of nitrogens with one attached hydrogen (secondary N) is 1. The lowest BCUT2D eigenvalue weighted by Crippen LogP contribution is -2.46. The summed E-state index contributed by atoms with van der Waals surface area (Å²) in [5, 5.41) is 11.5. The molecule has 0 aromatic carbocycles. The average molecular weight is 300 g/mol. The fourth-order valence-corrected chi connectivity index (χ4v) is 2.72. The van der Waals surface area contributed by atoms with Crippen molar-refractivity contribution >= 4 is 12.0 Å². The zero-order valence-corrected chi connectivity index (χ0v) is 12.3. The maximum absolute atomic E-state index is 12.0. The van der Waals surface area contributed by atoms with Gasteiger partial charge in [-0.05, 0) is 31.6 Å². The van der Waals surface area contributed by atoms with Crippen LogP contribution < -0.4 is 5.32 Å². The summed E-state index contributed by atoms with van der Waals surface area (Å²) in [6, 6.07) is -0.0365. The molecule has 7 nitrogen and oxygen atoms in total. The van der Waals surface area contributed by atoms with Crippen LogP contribution in [-0.4, -0.2) is 67.6 Å². The number of piperidine rings is 1. The van der Waals surface area contributed by atoms with Crippen molar-refractivity contribution in [2.45, 2.75) is 31.8 Å². The Morgan fingerprint density at radius 1 is 1.29 bits per heavy atom. The number of carbonyl (C=O) groups excluding carboxylic acids is 1. The van der Waals surface area contributed by atoms with Gasteiger partial charge in [-0.2, -0.15) is 0 Å². The Kier molecular flexibility index (Phi) is 6.25. The van der Waals surface area contributed by atoms with Crippen molar-refractivity contribution in [2.24, 2.45) is 5.92 Å². The third kappa shape index (κ3) is 5.51.